The lowest BCUT2D eigenvalue weighted by Crippen LogP contribution is -2.21. The number of nitrogens with zero attached hydrogens (tertiary/aromatic N) is 2. The van der Waals surface area contributed by atoms with E-state index in [1.807, 2.05) is 0 Å². The summed E-state index contributed by atoms with van der Waals surface area (Å²) in [6.07, 6.45) is 3.22. The van der Waals surface area contributed by atoms with Gasteiger partial charge in [-0.3, -0.25) is 0 Å². The molecule has 0 aromatic carbocycles. The van der Waals surface area contributed by atoms with E-state index in [4.69, 9.17) is 5.11 Å². The molecule has 1 heterocycles. The van der Waals surface area contributed by atoms with Crippen molar-refractivity contribution in [3.63, 3.8) is 0 Å². The van der Waals surface area contributed by atoms with Gasteiger partial charge in [-0.25, -0.2) is 13.4 Å². The van der Waals surface area contributed by atoms with E-state index in [2.05, 4.69) is 4.98 Å². The van der Waals surface area contributed by atoms with Crippen LogP contribution in [-0.2, 0) is 23.0 Å². The third kappa shape index (κ3) is 3.04. The van der Waals surface area contributed by atoms with Gasteiger partial charge < -0.3 is 9.67 Å². The zero-order chi connectivity index (χ0) is 11.5. The number of sulfone groups is 1. The first-order valence-electron chi connectivity index (χ1n) is 4.80. The van der Waals surface area contributed by atoms with Crippen LogP contribution >= 0.6 is 0 Å². The molecule has 0 spiro atoms. The minimum atomic E-state index is -3.03. The summed E-state index contributed by atoms with van der Waals surface area (Å²) in [5.41, 5.74) is 0. The van der Waals surface area contributed by atoms with Crippen molar-refractivity contribution in [2.24, 2.45) is 0 Å². The van der Waals surface area contributed by atoms with Gasteiger partial charge in [0.25, 0.3) is 0 Å². The van der Waals surface area contributed by atoms with Gasteiger partial charge in [0.05, 0.1) is 11.0 Å². The fourth-order valence-electron chi connectivity index (χ4n) is 1.16. The Bertz CT molecular complexity index is 409. The Morgan fingerprint density at radius 2 is 2.20 bits per heavy atom. The molecule has 0 radical (unpaired) electrons. The molecule has 1 N–H and O–H groups in total. The van der Waals surface area contributed by atoms with Gasteiger partial charge in [0, 0.05) is 18.9 Å². The van der Waals surface area contributed by atoms with E-state index in [1.54, 1.807) is 30.8 Å². The van der Waals surface area contributed by atoms with Crippen molar-refractivity contribution in [2.45, 2.75) is 32.2 Å². The average molecular weight is 232 g/mol. The Morgan fingerprint density at radius 1 is 1.53 bits per heavy atom. The highest BCUT2D eigenvalue weighted by atomic mass is 32.2. The smallest absolute Gasteiger partial charge is 0.154 e. The Labute approximate surface area is 89.7 Å². The Kier molecular flexibility index (Phi) is 3.87. The second kappa shape index (κ2) is 4.76. The van der Waals surface area contributed by atoms with E-state index in [1.165, 1.54) is 0 Å². The highest BCUT2D eigenvalue weighted by molar-refractivity contribution is 7.91. The summed E-state index contributed by atoms with van der Waals surface area (Å²) in [6, 6.07) is 0. The van der Waals surface area contributed by atoms with Gasteiger partial charge in [-0.05, 0) is 13.8 Å². The van der Waals surface area contributed by atoms with E-state index >= 15 is 0 Å². The number of aliphatic hydroxyl groups is 1. The minimum absolute atomic E-state index is 0.0774. The molecule has 1 aromatic rings. The number of hydrogen-bond acceptors (Lipinski definition) is 4. The van der Waals surface area contributed by atoms with Crippen molar-refractivity contribution in [3.8, 4) is 0 Å². The van der Waals surface area contributed by atoms with Crippen molar-refractivity contribution in [1.82, 2.24) is 9.55 Å². The van der Waals surface area contributed by atoms with E-state index in [-0.39, 0.29) is 17.6 Å². The summed E-state index contributed by atoms with van der Waals surface area (Å²) in [5, 5.41) is 8.55. The molecule has 1 rings (SSSR count). The van der Waals surface area contributed by atoms with Gasteiger partial charge in [-0.15, -0.1) is 0 Å². The molecule has 0 fully saturated rings. The molecule has 15 heavy (non-hydrogen) atoms. The van der Waals surface area contributed by atoms with Crippen LogP contribution in [0.1, 0.15) is 19.7 Å². The molecule has 86 valence electrons. The standard InChI is InChI=1S/C9H16N2O3S/c1-8(2)15(13,14)6-5-11-4-3-10-9(11)7-12/h3-4,8,12H,5-7H2,1-2H3. The Morgan fingerprint density at radius 3 is 2.73 bits per heavy atom. The summed E-state index contributed by atoms with van der Waals surface area (Å²) in [6.45, 7) is 3.50. The molecule has 0 saturated heterocycles. The monoisotopic (exact) mass is 232 g/mol. The van der Waals surface area contributed by atoms with Crippen LogP contribution in [0.25, 0.3) is 0 Å². The van der Waals surface area contributed by atoms with Crippen molar-refractivity contribution in [1.29, 1.82) is 0 Å². The Balaban J connectivity index is 2.66. The third-order valence-electron chi connectivity index (χ3n) is 2.28. The maximum Gasteiger partial charge on any atom is 0.154 e. The molecule has 0 saturated carbocycles. The van der Waals surface area contributed by atoms with Crippen molar-refractivity contribution in [2.75, 3.05) is 5.75 Å². The maximum atomic E-state index is 11.5. The second-order valence-corrected chi connectivity index (χ2v) is 6.29. The summed E-state index contributed by atoms with van der Waals surface area (Å²) >= 11 is 0. The lowest BCUT2D eigenvalue weighted by atomic mass is 10.6. The third-order valence-corrected chi connectivity index (χ3v) is 4.47. The normalized spacial score (nSPS) is 12.3. The molecule has 0 bridgehead atoms. The number of aliphatic hydroxyl groups excluding tert-OH is 1. The summed E-state index contributed by atoms with van der Waals surface area (Å²) in [4.78, 5) is 3.90. The molecule has 0 aliphatic carbocycles. The minimum Gasteiger partial charge on any atom is -0.388 e. The topological polar surface area (TPSA) is 72.2 Å². The molecule has 0 unspecified atom stereocenters. The largest absolute Gasteiger partial charge is 0.388 e. The predicted molar refractivity (Wildman–Crippen MR) is 57.1 cm³/mol. The molecule has 5 nitrogen and oxygen atoms in total. The highest BCUT2D eigenvalue weighted by Crippen LogP contribution is 2.04. The first kappa shape index (κ1) is 12.2. The molecule has 0 aliphatic heterocycles. The number of hydrogen-bond donors (Lipinski definition) is 1. The molecule has 0 atom stereocenters. The Hall–Kier alpha value is -0.880. The van der Waals surface area contributed by atoms with E-state index in [0.717, 1.165) is 0 Å². The fraction of sp³-hybridized carbons (Fsp3) is 0.667. The van der Waals surface area contributed by atoms with Crippen LogP contribution in [0.4, 0.5) is 0 Å². The molecule has 0 aliphatic rings. The lowest BCUT2D eigenvalue weighted by Gasteiger charge is -2.09. The molecule has 1 aromatic heterocycles. The van der Waals surface area contributed by atoms with Crippen molar-refractivity contribution < 1.29 is 13.5 Å². The summed E-state index contributed by atoms with van der Waals surface area (Å²) in [7, 11) is -3.03. The summed E-state index contributed by atoms with van der Waals surface area (Å²) in [5.74, 6) is 0.572. The van der Waals surface area contributed by atoms with E-state index in [9.17, 15) is 8.42 Å². The van der Waals surface area contributed by atoms with Crippen LogP contribution in [0, 0.1) is 0 Å². The average Bonchev–Trinajstić information content (AvgIpc) is 2.61. The fourth-order valence-corrected chi connectivity index (χ4v) is 2.08. The maximum absolute atomic E-state index is 11.5. The number of aromatic nitrogens is 2. The highest BCUT2D eigenvalue weighted by Gasteiger charge is 2.16. The van der Waals surface area contributed by atoms with Gasteiger partial charge in [0.15, 0.2) is 9.84 Å². The van der Waals surface area contributed by atoms with Crippen LogP contribution in [0.2, 0.25) is 0 Å². The summed E-state index contributed by atoms with van der Waals surface area (Å²) < 4.78 is 24.7. The van der Waals surface area contributed by atoms with Crippen LogP contribution < -0.4 is 0 Å². The van der Waals surface area contributed by atoms with Crippen molar-refractivity contribution >= 4 is 9.84 Å². The molecular formula is C9H16N2O3S. The van der Waals surface area contributed by atoms with Crippen LogP contribution in [0.3, 0.4) is 0 Å². The SMILES string of the molecule is CC(C)S(=O)(=O)CCn1ccnc1CO. The van der Waals surface area contributed by atoms with Gasteiger partial charge in [-0.2, -0.15) is 0 Å². The zero-order valence-electron chi connectivity index (χ0n) is 8.92. The number of imidazole rings is 1. The first-order chi connectivity index (χ1) is 6.97. The van der Waals surface area contributed by atoms with Gasteiger partial charge in [-0.1, -0.05) is 0 Å². The number of rotatable bonds is 5. The molecule has 0 amide bonds. The van der Waals surface area contributed by atoms with Crippen LogP contribution in [0.15, 0.2) is 12.4 Å². The molecular weight excluding hydrogens is 216 g/mol. The van der Waals surface area contributed by atoms with Crippen LogP contribution in [0.5, 0.6) is 0 Å². The lowest BCUT2D eigenvalue weighted by molar-refractivity contribution is 0.265. The van der Waals surface area contributed by atoms with Gasteiger partial charge in [0.1, 0.15) is 12.4 Å². The number of aryl methyl sites for hydroxylation is 1. The predicted octanol–water partition coefficient (Wildman–Crippen LogP) is 0.199. The van der Waals surface area contributed by atoms with Gasteiger partial charge >= 0.3 is 0 Å². The van der Waals surface area contributed by atoms with E-state index in [0.29, 0.717) is 12.4 Å². The second-order valence-electron chi connectivity index (χ2n) is 3.61. The quantitative estimate of drug-likeness (QED) is 0.787. The zero-order valence-corrected chi connectivity index (χ0v) is 9.74. The molecule has 6 heteroatoms. The van der Waals surface area contributed by atoms with E-state index < -0.39 is 9.84 Å². The van der Waals surface area contributed by atoms with Gasteiger partial charge in [0.2, 0.25) is 0 Å². The van der Waals surface area contributed by atoms with Crippen LogP contribution in [-0.4, -0.2) is 34.1 Å². The first-order valence-corrected chi connectivity index (χ1v) is 6.51. The van der Waals surface area contributed by atoms with Crippen molar-refractivity contribution in [3.05, 3.63) is 18.2 Å².